The van der Waals surface area contributed by atoms with Crippen LogP contribution < -0.4 is 10.6 Å². The fourth-order valence-electron chi connectivity index (χ4n) is 3.51. The molecule has 1 saturated heterocycles. The van der Waals surface area contributed by atoms with E-state index >= 15 is 0 Å². The first-order valence-electron chi connectivity index (χ1n) is 8.79. The fourth-order valence-corrected chi connectivity index (χ4v) is 3.51. The Labute approximate surface area is 138 Å². The Morgan fingerprint density at radius 1 is 1.39 bits per heavy atom. The summed E-state index contributed by atoms with van der Waals surface area (Å²) in [6.45, 7) is 8.97. The SMILES string of the molecule is CC(C)C1CN(c2cc(C(N)=O)ccn2)CCCN1CC1CC1. The van der Waals surface area contributed by atoms with Gasteiger partial charge in [0, 0.05) is 44.0 Å². The van der Waals surface area contributed by atoms with Crippen molar-refractivity contribution in [3.05, 3.63) is 23.9 Å². The Morgan fingerprint density at radius 3 is 2.83 bits per heavy atom. The maximum atomic E-state index is 11.4. The number of amides is 1. The van der Waals surface area contributed by atoms with E-state index < -0.39 is 0 Å². The highest BCUT2D eigenvalue weighted by atomic mass is 16.1. The molecule has 1 unspecified atom stereocenters. The molecule has 3 rings (SSSR count). The molecule has 1 amide bonds. The van der Waals surface area contributed by atoms with E-state index in [2.05, 4.69) is 28.6 Å². The van der Waals surface area contributed by atoms with Crippen LogP contribution in [0.3, 0.4) is 0 Å². The van der Waals surface area contributed by atoms with Crippen LogP contribution in [0.5, 0.6) is 0 Å². The van der Waals surface area contributed by atoms with Gasteiger partial charge in [-0.25, -0.2) is 4.98 Å². The van der Waals surface area contributed by atoms with Crippen LogP contribution in [-0.4, -0.2) is 48.0 Å². The predicted molar refractivity (Wildman–Crippen MR) is 92.5 cm³/mol. The molecular formula is C18H28N4O. The number of nitrogens with two attached hydrogens (primary N) is 1. The molecule has 0 aromatic carbocycles. The van der Waals surface area contributed by atoms with Crippen molar-refractivity contribution >= 4 is 11.7 Å². The first kappa shape index (κ1) is 16.2. The normalized spacial score (nSPS) is 23.1. The van der Waals surface area contributed by atoms with E-state index in [1.54, 1.807) is 12.3 Å². The van der Waals surface area contributed by atoms with Crippen molar-refractivity contribution in [2.45, 2.75) is 39.2 Å². The van der Waals surface area contributed by atoms with Crippen LogP contribution in [0, 0.1) is 11.8 Å². The van der Waals surface area contributed by atoms with E-state index in [-0.39, 0.29) is 5.91 Å². The quantitative estimate of drug-likeness (QED) is 0.904. The molecule has 2 aliphatic rings. The number of primary amides is 1. The van der Waals surface area contributed by atoms with Crippen molar-refractivity contribution in [3.63, 3.8) is 0 Å². The number of rotatable bonds is 5. The summed E-state index contributed by atoms with van der Waals surface area (Å²) in [7, 11) is 0. The maximum absolute atomic E-state index is 11.4. The van der Waals surface area contributed by atoms with Gasteiger partial charge in [-0.15, -0.1) is 0 Å². The molecule has 1 atom stereocenters. The highest BCUT2D eigenvalue weighted by Gasteiger charge is 2.32. The summed E-state index contributed by atoms with van der Waals surface area (Å²) < 4.78 is 0. The summed E-state index contributed by atoms with van der Waals surface area (Å²) in [6, 6.07) is 4.05. The summed E-state index contributed by atoms with van der Waals surface area (Å²) in [5.41, 5.74) is 5.95. The summed E-state index contributed by atoms with van der Waals surface area (Å²) in [5, 5.41) is 0. The van der Waals surface area contributed by atoms with Crippen LogP contribution in [0.15, 0.2) is 18.3 Å². The van der Waals surface area contributed by atoms with Crippen LogP contribution in [0.4, 0.5) is 5.82 Å². The number of nitrogens with zero attached hydrogens (tertiary/aromatic N) is 3. The highest BCUT2D eigenvalue weighted by molar-refractivity contribution is 5.93. The lowest BCUT2D eigenvalue weighted by molar-refractivity contribution is 0.1000. The number of anilines is 1. The molecule has 1 aliphatic heterocycles. The van der Waals surface area contributed by atoms with Crippen LogP contribution >= 0.6 is 0 Å². The zero-order valence-electron chi connectivity index (χ0n) is 14.2. The van der Waals surface area contributed by atoms with Gasteiger partial charge in [0.25, 0.3) is 0 Å². The summed E-state index contributed by atoms with van der Waals surface area (Å²) in [5.74, 6) is 2.01. The lowest BCUT2D eigenvalue weighted by atomic mass is 10.0. The third-order valence-corrected chi connectivity index (χ3v) is 5.06. The Balaban J connectivity index is 1.77. The lowest BCUT2D eigenvalue weighted by Gasteiger charge is -2.35. The Hall–Kier alpha value is -1.62. The molecule has 0 spiro atoms. The van der Waals surface area contributed by atoms with Gasteiger partial charge in [-0.3, -0.25) is 9.69 Å². The number of hydrogen-bond acceptors (Lipinski definition) is 4. The number of hydrogen-bond donors (Lipinski definition) is 1. The molecule has 1 aliphatic carbocycles. The van der Waals surface area contributed by atoms with Crippen molar-refractivity contribution in [3.8, 4) is 0 Å². The molecule has 1 aromatic heterocycles. The zero-order valence-corrected chi connectivity index (χ0v) is 14.2. The first-order chi connectivity index (χ1) is 11.0. The van der Waals surface area contributed by atoms with E-state index in [1.807, 2.05) is 6.07 Å². The third-order valence-electron chi connectivity index (χ3n) is 5.06. The van der Waals surface area contributed by atoms with E-state index in [9.17, 15) is 4.79 Å². The van der Waals surface area contributed by atoms with Gasteiger partial charge in [0.1, 0.15) is 5.82 Å². The first-order valence-corrected chi connectivity index (χ1v) is 8.79. The smallest absolute Gasteiger partial charge is 0.248 e. The molecule has 2 fully saturated rings. The van der Waals surface area contributed by atoms with Gasteiger partial charge >= 0.3 is 0 Å². The average Bonchev–Trinajstić information content (AvgIpc) is 3.34. The lowest BCUT2D eigenvalue weighted by Crippen LogP contribution is -2.45. The summed E-state index contributed by atoms with van der Waals surface area (Å²) in [4.78, 5) is 20.9. The number of carbonyl (C=O) groups is 1. The zero-order chi connectivity index (χ0) is 16.4. The van der Waals surface area contributed by atoms with Gasteiger partial charge < -0.3 is 10.6 Å². The Kier molecular flexibility index (Phi) is 4.85. The molecule has 5 nitrogen and oxygen atoms in total. The van der Waals surface area contributed by atoms with Crippen molar-refractivity contribution in [1.82, 2.24) is 9.88 Å². The summed E-state index contributed by atoms with van der Waals surface area (Å²) >= 11 is 0. The average molecular weight is 316 g/mol. The number of aromatic nitrogens is 1. The fraction of sp³-hybridized carbons (Fsp3) is 0.667. The van der Waals surface area contributed by atoms with Gasteiger partial charge in [0.15, 0.2) is 0 Å². The van der Waals surface area contributed by atoms with Crippen molar-refractivity contribution in [1.29, 1.82) is 0 Å². The largest absolute Gasteiger partial charge is 0.366 e. The Morgan fingerprint density at radius 2 is 2.17 bits per heavy atom. The molecule has 0 radical (unpaired) electrons. The van der Waals surface area contributed by atoms with Crippen LogP contribution in [0.25, 0.3) is 0 Å². The molecule has 2 heterocycles. The molecule has 1 aromatic rings. The van der Waals surface area contributed by atoms with Gasteiger partial charge in [-0.05, 0) is 43.2 Å². The molecule has 126 valence electrons. The van der Waals surface area contributed by atoms with Crippen molar-refractivity contribution < 1.29 is 4.79 Å². The second kappa shape index (κ2) is 6.87. The molecular weight excluding hydrogens is 288 g/mol. The monoisotopic (exact) mass is 316 g/mol. The Bertz CT molecular complexity index is 556. The van der Waals surface area contributed by atoms with Crippen molar-refractivity contribution in [2.75, 3.05) is 31.1 Å². The van der Waals surface area contributed by atoms with E-state index in [4.69, 9.17) is 5.73 Å². The topological polar surface area (TPSA) is 62.5 Å². The van der Waals surface area contributed by atoms with E-state index in [0.29, 0.717) is 17.5 Å². The molecule has 1 saturated carbocycles. The second-order valence-electron chi connectivity index (χ2n) is 7.32. The third kappa shape index (κ3) is 4.02. The molecule has 5 heteroatoms. The predicted octanol–water partition coefficient (Wildman–Crippen LogP) is 2.13. The van der Waals surface area contributed by atoms with Crippen LogP contribution in [0.2, 0.25) is 0 Å². The standard InChI is InChI=1S/C18H28N4O/c1-13(2)16-12-22(9-3-8-21(16)11-14-4-5-14)17-10-15(18(19)23)6-7-20-17/h6-7,10,13-14,16H,3-5,8-9,11-12H2,1-2H3,(H2,19,23). The second-order valence-corrected chi connectivity index (χ2v) is 7.32. The van der Waals surface area contributed by atoms with Gasteiger partial charge in [-0.1, -0.05) is 13.8 Å². The van der Waals surface area contributed by atoms with Crippen molar-refractivity contribution in [2.24, 2.45) is 17.6 Å². The highest BCUT2D eigenvalue weighted by Crippen LogP contribution is 2.32. The van der Waals surface area contributed by atoms with Crippen LogP contribution in [-0.2, 0) is 0 Å². The van der Waals surface area contributed by atoms with Gasteiger partial charge in [0.2, 0.25) is 5.91 Å². The van der Waals surface area contributed by atoms with E-state index in [0.717, 1.165) is 37.8 Å². The van der Waals surface area contributed by atoms with E-state index in [1.165, 1.54) is 19.4 Å². The molecule has 23 heavy (non-hydrogen) atoms. The number of carbonyl (C=O) groups excluding carboxylic acids is 1. The molecule has 0 bridgehead atoms. The van der Waals surface area contributed by atoms with Crippen LogP contribution in [0.1, 0.15) is 43.5 Å². The number of pyridine rings is 1. The molecule has 2 N–H and O–H groups in total. The van der Waals surface area contributed by atoms with Gasteiger partial charge in [-0.2, -0.15) is 0 Å². The minimum atomic E-state index is -0.390. The maximum Gasteiger partial charge on any atom is 0.248 e. The summed E-state index contributed by atoms with van der Waals surface area (Å²) in [6.07, 6.45) is 5.62. The van der Waals surface area contributed by atoms with Gasteiger partial charge in [0.05, 0.1) is 0 Å². The minimum Gasteiger partial charge on any atom is -0.366 e. The minimum absolute atomic E-state index is 0.390.